The number of hydrogen-bond acceptors (Lipinski definition) is 5. The minimum atomic E-state index is -0.0606. The Hall–Kier alpha value is -1.21. The van der Waals surface area contributed by atoms with Gasteiger partial charge in [0.05, 0.1) is 6.61 Å². The molecule has 6 heteroatoms. The van der Waals surface area contributed by atoms with Crippen molar-refractivity contribution in [3.8, 4) is 0 Å². The van der Waals surface area contributed by atoms with Gasteiger partial charge in [-0.25, -0.2) is 0 Å². The van der Waals surface area contributed by atoms with Gasteiger partial charge in [-0.1, -0.05) is 0 Å². The topological polar surface area (TPSA) is 55.8 Å². The third-order valence-corrected chi connectivity index (χ3v) is 5.22. The van der Waals surface area contributed by atoms with Crippen molar-refractivity contribution in [2.75, 3.05) is 39.8 Å². The molecule has 2 rings (SSSR count). The number of nitrogens with one attached hydrogen (secondary N) is 1. The van der Waals surface area contributed by atoms with E-state index in [2.05, 4.69) is 29.1 Å². The molecule has 1 aromatic rings. The van der Waals surface area contributed by atoms with Gasteiger partial charge in [0.25, 0.3) is 0 Å². The van der Waals surface area contributed by atoms with E-state index in [0.717, 1.165) is 43.0 Å². The van der Waals surface area contributed by atoms with E-state index >= 15 is 0 Å². The van der Waals surface area contributed by atoms with Gasteiger partial charge in [-0.3, -0.25) is 9.69 Å². The molecule has 1 aliphatic heterocycles. The number of carbonyl (C=O) groups excluding carboxylic acids is 1. The molecule has 0 bridgehead atoms. The van der Waals surface area contributed by atoms with Crippen LogP contribution in [0, 0.1) is 0 Å². The molecule has 5 nitrogen and oxygen atoms in total. The maximum atomic E-state index is 11.8. The van der Waals surface area contributed by atoms with Crippen LogP contribution >= 0.6 is 11.3 Å². The zero-order chi connectivity index (χ0) is 16.7. The molecule has 1 aromatic heterocycles. The lowest BCUT2D eigenvalue weighted by molar-refractivity contribution is -0.116. The summed E-state index contributed by atoms with van der Waals surface area (Å²) in [5.41, 5.74) is 0.885. The van der Waals surface area contributed by atoms with E-state index < -0.39 is 0 Å². The summed E-state index contributed by atoms with van der Waals surface area (Å²) in [5, 5.41) is 13.9. The Morgan fingerprint density at radius 3 is 2.83 bits per heavy atom. The fourth-order valence-corrected chi connectivity index (χ4v) is 3.43. The minimum Gasteiger partial charge on any atom is -0.392 e. The highest BCUT2D eigenvalue weighted by atomic mass is 32.1. The largest absolute Gasteiger partial charge is 0.392 e. The molecule has 2 heterocycles. The van der Waals surface area contributed by atoms with E-state index in [0.29, 0.717) is 12.6 Å². The van der Waals surface area contributed by atoms with Crippen molar-refractivity contribution in [3.05, 3.63) is 28.0 Å². The van der Waals surface area contributed by atoms with Gasteiger partial charge in [0, 0.05) is 49.7 Å². The van der Waals surface area contributed by atoms with Crippen molar-refractivity contribution in [1.82, 2.24) is 15.1 Å². The molecule has 1 fully saturated rings. The van der Waals surface area contributed by atoms with Crippen molar-refractivity contribution in [1.29, 1.82) is 0 Å². The van der Waals surface area contributed by atoms with Crippen LogP contribution in [-0.4, -0.2) is 66.6 Å². The average molecular weight is 337 g/mol. The van der Waals surface area contributed by atoms with Gasteiger partial charge in [-0.2, -0.15) is 0 Å². The standard InChI is InChI=1S/C17H27N3O2S/c1-14(20-9-7-19(2)8-10-20)5-6-18-17(22)4-3-16-11-15(12-21)13-23-16/h3-4,11,13-14,21H,5-10,12H2,1-2H3,(H,18,22). The van der Waals surface area contributed by atoms with E-state index in [4.69, 9.17) is 5.11 Å². The molecule has 0 spiro atoms. The Morgan fingerprint density at radius 1 is 1.43 bits per heavy atom. The second-order valence-electron chi connectivity index (χ2n) is 6.12. The number of amides is 1. The third-order valence-electron chi connectivity index (χ3n) is 4.28. The molecule has 0 aromatic carbocycles. The predicted molar refractivity (Wildman–Crippen MR) is 95.4 cm³/mol. The van der Waals surface area contributed by atoms with Crippen molar-refractivity contribution < 1.29 is 9.90 Å². The number of piperazine rings is 1. The molecular weight excluding hydrogens is 310 g/mol. The Morgan fingerprint density at radius 2 is 2.17 bits per heavy atom. The summed E-state index contributed by atoms with van der Waals surface area (Å²) in [5.74, 6) is -0.0606. The third kappa shape index (κ3) is 6.06. The Labute approximate surface area is 142 Å². The number of aliphatic hydroxyl groups is 1. The van der Waals surface area contributed by atoms with Crippen LogP contribution in [0.25, 0.3) is 6.08 Å². The molecule has 1 aliphatic rings. The molecule has 23 heavy (non-hydrogen) atoms. The van der Waals surface area contributed by atoms with Crippen molar-refractivity contribution in [2.24, 2.45) is 0 Å². The normalized spacial score (nSPS) is 18.4. The van der Waals surface area contributed by atoms with Crippen LogP contribution in [0.5, 0.6) is 0 Å². The quantitative estimate of drug-likeness (QED) is 0.739. The van der Waals surface area contributed by atoms with Gasteiger partial charge in [-0.15, -0.1) is 11.3 Å². The summed E-state index contributed by atoms with van der Waals surface area (Å²) in [6, 6.07) is 2.39. The fourth-order valence-electron chi connectivity index (χ4n) is 2.63. The molecule has 0 saturated carbocycles. The average Bonchev–Trinajstić information content (AvgIpc) is 3.01. The van der Waals surface area contributed by atoms with Crippen molar-refractivity contribution in [3.63, 3.8) is 0 Å². The molecule has 0 radical (unpaired) electrons. The van der Waals surface area contributed by atoms with Gasteiger partial charge < -0.3 is 15.3 Å². The van der Waals surface area contributed by atoms with E-state index in [1.54, 1.807) is 12.2 Å². The fraction of sp³-hybridized carbons (Fsp3) is 0.588. The first-order valence-corrected chi connectivity index (χ1v) is 9.03. The first-order chi connectivity index (χ1) is 11.1. The molecule has 1 amide bonds. The number of hydrogen-bond donors (Lipinski definition) is 2. The van der Waals surface area contributed by atoms with E-state index in [1.807, 2.05) is 11.4 Å². The van der Waals surface area contributed by atoms with E-state index in [-0.39, 0.29) is 12.5 Å². The Kier molecular flexibility index (Phi) is 7.23. The Bertz CT molecular complexity index is 522. The highest BCUT2D eigenvalue weighted by molar-refractivity contribution is 7.11. The van der Waals surface area contributed by atoms with Gasteiger partial charge in [0.15, 0.2) is 0 Å². The van der Waals surface area contributed by atoms with E-state index in [9.17, 15) is 4.79 Å². The molecule has 1 saturated heterocycles. The van der Waals surface area contributed by atoms with Crippen LogP contribution in [0.15, 0.2) is 17.5 Å². The van der Waals surface area contributed by atoms with Crippen LogP contribution in [-0.2, 0) is 11.4 Å². The lowest BCUT2D eigenvalue weighted by atomic mass is 10.1. The van der Waals surface area contributed by atoms with Gasteiger partial charge >= 0.3 is 0 Å². The second-order valence-corrected chi connectivity index (χ2v) is 7.06. The summed E-state index contributed by atoms with van der Waals surface area (Å²) < 4.78 is 0. The highest BCUT2D eigenvalue weighted by Gasteiger charge is 2.18. The van der Waals surface area contributed by atoms with Crippen LogP contribution in [0.3, 0.4) is 0 Å². The second kappa shape index (κ2) is 9.17. The molecule has 0 aliphatic carbocycles. The van der Waals surface area contributed by atoms with Crippen LogP contribution in [0.1, 0.15) is 23.8 Å². The highest BCUT2D eigenvalue weighted by Crippen LogP contribution is 2.16. The molecule has 1 atom stereocenters. The lowest BCUT2D eigenvalue weighted by Crippen LogP contribution is -2.48. The van der Waals surface area contributed by atoms with Crippen molar-refractivity contribution in [2.45, 2.75) is 26.0 Å². The van der Waals surface area contributed by atoms with Gasteiger partial charge in [0.1, 0.15) is 0 Å². The Balaban J connectivity index is 1.66. The van der Waals surface area contributed by atoms with Crippen LogP contribution in [0.2, 0.25) is 0 Å². The molecule has 2 N–H and O–H groups in total. The number of likely N-dealkylation sites (N-methyl/N-ethyl adjacent to an activating group) is 1. The number of aliphatic hydroxyl groups excluding tert-OH is 1. The number of thiophene rings is 1. The maximum absolute atomic E-state index is 11.8. The predicted octanol–water partition coefficient (Wildman–Crippen LogP) is 1.40. The number of rotatable bonds is 7. The zero-order valence-corrected chi connectivity index (χ0v) is 14.8. The SMILES string of the molecule is CC(CCNC(=O)C=Cc1cc(CO)cs1)N1CCN(C)CC1. The summed E-state index contributed by atoms with van der Waals surface area (Å²) in [4.78, 5) is 17.7. The summed E-state index contributed by atoms with van der Waals surface area (Å²) in [6.07, 6.45) is 4.33. The summed E-state index contributed by atoms with van der Waals surface area (Å²) >= 11 is 1.53. The first kappa shape index (κ1) is 18.1. The van der Waals surface area contributed by atoms with Crippen LogP contribution < -0.4 is 5.32 Å². The van der Waals surface area contributed by atoms with Gasteiger partial charge in [0.2, 0.25) is 5.91 Å². The molecule has 1 unspecified atom stereocenters. The first-order valence-electron chi connectivity index (χ1n) is 8.15. The maximum Gasteiger partial charge on any atom is 0.244 e. The van der Waals surface area contributed by atoms with Crippen molar-refractivity contribution >= 4 is 23.3 Å². The zero-order valence-electron chi connectivity index (χ0n) is 14.0. The number of carbonyl (C=O) groups is 1. The number of nitrogens with zero attached hydrogens (tertiary/aromatic N) is 2. The van der Waals surface area contributed by atoms with Crippen LogP contribution in [0.4, 0.5) is 0 Å². The molecular formula is C17H27N3O2S. The minimum absolute atomic E-state index is 0.0424. The summed E-state index contributed by atoms with van der Waals surface area (Å²) in [7, 11) is 2.16. The summed E-state index contributed by atoms with van der Waals surface area (Å²) in [6.45, 7) is 7.43. The van der Waals surface area contributed by atoms with Gasteiger partial charge in [-0.05, 0) is 43.5 Å². The monoisotopic (exact) mass is 337 g/mol. The molecule has 128 valence electrons. The smallest absolute Gasteiger partial charge is 0.244 e. The lowest BCUT2D eigenvalue weighted by Gasteiger charge is -2.36. The van der Waals surface area contributed by atoms with E-state index in [1.165, 1.54) is 11.3 Å².